The van der Waals surface area contributed by atoms with E-state index in [9.17, 15) is 0 Å². The molecule has 0 bridgehead atoms. The Morgan fingerprint density at radius 1 is 0.452 bits per heavy atom. The predicted molar refractivity (Wildman–Crippen MR) is 83.3 cm³/mol. The molecule has 0 unspecified atom stereocenters. The van der Waals surface area contributed by atoms with Gasteiger partial charge in [0.2, 0.25) is 0 Å². The molecule has 4 rings (SSSR count). The van der Waals surface area contributed by atoms with Gasteiger partial charge in [-0.1, -0.05) is 36.4 Å². The second kappa shape index (κ2) is 36.6. The van der Waals surface area contributed by atoms with Crippen LogP contribution in [0.5, 0.6) is 11.5 Å². The molecule has 0 radical (unpaired) electrons. The Kier molecular flexibility index (Phi) is 46.0. The van der Waals surface area contributed by atoms with Crippen molar-refractivity contribution in [2.45, 2.75) is 12.8 Å². The van der Waals surface area contributed by atoms with Gasteiger partial charge in [0.15, 0.2) is 0 Å². The van der Waals surface area contributed by atoms with Crippen molar-refractivity contribution in [3.63, 3.8) is 0 Å². The first-order valence-corrected chi connectivity index (χ1v) is 19.3. The molecule has 2 aromatic rings. The molecule has 220 valence electrons. The average Bonchev–Trinajstić information content (AvgIpc) is 2.83. The molecule has 0 aromatic heterocycles. The van der Waals surface area contributed by atoms with Crippen molar-refractivity contribution in [3.8, 4) is 11.5 Å². The fraction of sp³-hybridized carbons (Fsp3) is 0.111. The third-order valence-electron chi connectivity index (χ3n) is 3.20. The first-order chi connectivity index (χ1) is 18.6. The average molecular weight is 929 g/mol. The number of rotatable bonds is 0. The van der Waals surface area contributed by atoms with E-state index in [1.54, 1.807) is 12.5 Å². The Bertz CT molecular complexity index is 936. The van der Waals surface area contributed by atoms with Crippen LogP contribution in [0.3, 0.4) is 0 Å². The Labute approximate surface area is 305 Å². The molecule has 0 fully saturated rings. The number of para-hydroxylation sites is 2. The summed E-state index contributed by atoms with van der Waals surface area (Å²) in [5.41, 5.74) is 2.54. The van der Waals surface area contributed by atoms with Gasteiger partial charge in [0, 0.05) is 0 Å². The molecule has 42 heavy (non-hydrogen) atoms. The molecule has 0 aliphatic carbocycles. The van der Waals surface area contributed by atoms with Crippen LogP contribution in [0.1, 0.15) is 11.1 Å². The van der Waals surface area contributed by atoms with Crippen LogP contribution in [0.4, 0.5) is 0 Å². The van der Waals surface area contributed by atoms with Crippen molar-refractivity contribution in [2.75, 3.05) is 0 Å². The monoisotopic (exact) mass is 930 g/mol. The summed E-state index contributed by atoms with van der Waals surface area (Å²) in [6, 6.07) is 16.2. The molecule has 2 heterocycles. The van der Waals surface area contributed by atoms with Gasteiger partial charge in [-0.05, 0) is 48.3 Å². The van der Waals surface area contributed by atoms with Crippen molar-refractivity contribution in [2.24, 2.45) is 0 Å². The van der Waals surface area contributed by atoms with Crippen molar-refractivity contribution in [1.82, 2.24) is 0 Å². The predicted octanol–water partition coefficient (Wildman–Crippen LogP) is -8.23. The van der Waals surface area contributed by atoms with E-state index in [1.165, 1.54) is 11.1 Å². The number of hydrogen-bond acceptors (Lipinski definition) is 17. The Morgan fingerprint density at radius 3 is 0.881 bits per heavy atom. The SMILES string of the molecule is C1=COc2ccccc2C1.C1=COc2ccccc2C1.[Nb+5].[Nb+5].[O]=[Ti]([O-])[O-].[O]=[Ti]([O-])[O-].[O]=[Ti]([O-])[O-].[O]=[Ti]([O-])[O-].[O]=[Ti]([O-])[O-]. The molecule has 2 aliphatic rings. The fourth-order valence-electron chi connectivity index (χ4n) is 2.17. The summed E-state index contributed by atoms with van der Waals surface area (Å²) >= 11 is -20.4. The molecular weight excluding hydrogens is 913 g/mol. The number of benzene rings is 2. The third-order valence-corrected chi connectivity index (χ3v) is 3.20. The summed E-state index contributed by atoms with van der Waals surface area (Å²) in [4.78, 5) is 0. The zero-order valence-electron chi connectivity index (χ0n) is 20.7. The normalized spacial score (nSPS) is 9.76. The number of ether oxygens (including phenoxy) is 2. The van der Waals surface area contributed by atoms with Gasteiger partial charge in [0.25, 0.3) is 0 Å². The van der Waals surface area contributed by atoms with E-state index in [1.807, 2.05) is 48.6 Å². The molecule has 2 aromatic carbocycles. The summed E-state index contributed by atoms with van der Waals surface area (Å²) in [6.45, 7) is 0. The molecule has 2 aliphatic heterocycles. The van der Waals surface area contributed by atoms with Crippen LogP contribution >= 0.6 is 0 Å². The topological polar surface area (TPSA) is 334 Å². The van der Waals surface area contributed by atoms with E-state index in [0.717, 1.165) is 24.3 Å². The second-order valence-corrected chi connectivity index (χ2v) is 9.76. The quantitative estimate of drug-likeness (QED) is 0.221. The van der Waals surface area contributed by atoms with Gasteiger partial charge in [-0.2, -0.15) is 0 Å². The van der Waals surface area contributed by atoms with Gasteiger partial charge in [0.05, 0.1) is 12.5 Å². The first-order valence-electron chi connectivity index (χ1n) is 9.79. The van der Waals surface area contributed by atoms with Gasteiger partial charge < -0.3 is 9.47 Å². The van der Waals surface area contributed by atoms with E-state index in [4.69, 9.17) is 63.0 Å². The summed E-state index contributed by atoms with van der Waals surface area (Å²) < 4.78 is 139. The minimum atomic E-state index is -4.08. The second-order valence-electron chi connectivity index (χ2n) is 5.85. The maximum atomic E-state index is 8.58. The van der Waals surface area contributed by atoms with Crippen molar-refractivity contribution < 1.29 is 201 Å². The minimum absolute atomic E-state index is 0. The Morgan fingerprint density at radius 2 is 0.667 bits per heavy atom. The number of allylic oxidation sites excluding steroid dienone is 2. The maximum absolute atomic E-state index is 8.58. The molecule has 0 spiro atoms. The molecule has 0 N–H and O–H groups in total. The van der Waals surface area contributed by atoms with Crippen LogP contribution in [-0.4, -0.2) is 0 Å². The molecule has 0 atom stereocenters. The van der Waals surface area contributed by atoms with Gasteiger partial charge in [0.1, 0.15) is 11.5 Å². The first kappa shape index (κ1) is 52.7. The summed E-state index contributed by atoms with van der Waals surface area (Å²) in [5, 5.41) is 0. The van der Waals surface area contributed by atoms with Crippen molar-refractivity contribution in [3.05, 3.63) is 84.3 Å². The third kappa shape index (κ3) is 48.1. The fourth-order valence-corrected chi connectivity index (χ4v) is 2.17. The van der Waals surface area contributed by atoms with Gasteiger partial charge in [-0.3, -0.25) is 0 Å². The van der Waals surface area contributed by atoms with Gasteiger partial charge in [-0.25, -0.2) is 0 Å². The summed E-state index contributed by atoms with van der Waals surface area (Å²) in [7, 11) is 0. The van der Waals surface area contributed by atoms with E-state index < -0.39 is 93.1 Å². The van der Waals surface area contributed by atoms with E-state index in [0.29, 0.717) is 0 Å². The molecule has 17 nitrogen and oxygen atoms in total. The van der Waals surface area contributed by atoms with E-state index in [2.05, 4.69) is 12.1 Å². The Hall–Kier alpha value is 1.17. The summed E-state index contributed by atoms with van der Waals surface area (Å²) in [5.74, 6) is 1.98. The van der Waals surface area contributed by atoms with Gasteiger partial charge in [-0.15, -0.1) is 0 Å². The van der Waals surface area contributed by atoms with Crippen LogP contribution < -0.4 is 46.4 Å². The van der Waals surface area contributed by atoms with Crippen molar-refractivity contribution in [1.29, 1.82) is 0 Å². The Balaban J connectivity index is -0.000000133. The van der Waals surface area contributed by atoms with Crippen LogP contribution in [0.15, 0.2) is 73.2 Å². The number of hydrogen-bond donors (Lipinski definition) is 0. The summed E-state index contributed by atoms with van der Waals surface area (Å²) in [6.07, 6.45) is 9.50. The van der Waals surface area contributed by atoms with E-state index in [-0.39, 0.29) is 44.8 Å². The molecular formula is C18H16Nb2O17Ti5. The van der Waals surface area contributed by atoms with Crippen LogP contribution in [0.25, 0.3) is 0 Å². The zero-order valence-corrected chi connectivity index (χ0v) is 32.9. The standard InChI is InChI=1S/2C9H8O.2Nb.15O.5Ti/c2*1-2-6-9-8(4-1)5-3-7-10-9;;;;;;;;;;;;;;;;;;;;;;/h2*1-4,6-7H,5H2;;;;;;;;;;;;;;;;;;;;;;/q;;2*+5;;;;;;10*-1;;;;;. The van der Waals surface area contributed by atoms with Crippen LogP contribution in [-0.2, 0) is 167 Å². The van der Waals surface area contributed by atoms with Crippen LogP contribution in [0.2, 0.25) is 0 Å². The van der Waals surface area contributed by atoms with Crippen LogP contribution in [0, 0.1) is 0 Å². The molecule has 0 amide bonds. The molecule has 0 saturated heterocycles. The zero-order chi connectivity index (χ0) is 31.5. The van der Waals surface area contributed by atoms with E-state index >= 15 is 0 Å². The van der Waals surface area contributed by atoms with Gasteiger partial charge >= 0.3 is 191 Å². The number of fused-ring (bicyclic) bond motifs is 2. The molecule has 0 saturated carbocycles. The van der Waals surface area contributed by atoms with Crippen molar-refractivity contribution >= 4 is 0 Å². The molecule has 24 heteroatoms.